The first kappa shape index (κ1) is 23.1. The molecular weight excluding hydrogens is 459 g/mol. The zero-order chi connectivity index (χ0) is 24.6. The summed E-state index contributed by atoms with van der Waals surface area (Å²) in [7, 11) is 0. The van der Waals surface area contributed by atoms with Gasteiger partial charge in [0.25, 0.3) is 0 Å². The smallest absolute Gasteiger partial charge is 0.376 e. The summed E-state index contributed by atoms with van der Waals surface area (Å²) in [6.07, 6.45) is 0.278. The SMILES string of the molecule is N#C[C@H]1CCCC[C@@H]1N1NC(Nc2ccc3c(c2)CC2(CC2)C3(O)C(F)(F)F)C2C(=O)NCCC21. The maximum absolute atomic E-state index is 13.9. The highest BCUT2D eigenvalue weighted by Gasteiger charge is 2.74. The summed E-state index contributed by atoms with van der Waals surface area (Å²) in [6.45, 7) is 0.575. The van der Waals surface area contributed by atoms with Gasteiger partial charge in [-0.15, -0.1) is 0 Å². The normalized spacial score (nSPS) is 37.9. The Bertz CT molecular complexity index is 1080. The Morgan fingerprint density at radius 2 is 1.94 bits per heavy atom. The van der Waals surface area contributed by atoms with Crippen LogP contribution in [0.3, 0.4) is 0 Å². The van der Waals surface area contributed by atoms with Gasteiger partial charge in [-0.1, -0.05) is 18.9 Å². The number of nitriles is 1. The van der Waals surface area contributed by atoms with Crippen LogP contribution >= 0.6 is 0 Å². The minimum Gasteiger partial charge on any atom is -0.376 e. The van der Waals surface area contributed by atoms with Gasteiger partial charge >= 0.3 is 6.18 Å². The molecular formula is C25H30F3N5O2. The van der Waals surface area contributed by atoms with Crippen molar-refractivity contribution in [2.24, 2.45) is 17.3 Å². The fraction of sp³-hybridized carbons (Fsp3) is 0.680. The Kier molecular flexibility index (Phi) is 5.16. The van der Waals surface area contributed by atoms with Crippen LogP contribution in [-0.4, -0.2) is 47.0 Å². The first-order valence-corrected chi connectivity index (χ1v) is 12.6. The second kappa shape index (κ2) is 7.82. The van der Waals surface area contributed by atoms with Crippen LogP contribution in [0.1, 0.15) is 56.1 Å². The maximum atomic E-state index is 13.9. The number of hydrogen-bond acceptors (Lipinski definition) is 6. The molecule has 35 heavy (non-hydrogen) atoms. The van der Waals surface area contributed by atoms with Gasteiger partial charge in [-0.3, -0.25) is 4.79 Å². The molecule has 2 saturated carbocycles. The fourth-order valence-electron chi connectivity index (χ4n) is 7.18. The molecule has 10 heteroatoms. The van der Waals surface area contributed by atoms with E-state index in [1.807, 2.05) is 0 Å². The van der Waals surface area contributed by atoms with Crippen molar-refractivity contribution in [3.63, 3.8) is 0 Å². The van der Waals surface area contributed by atoms with Crippen LogP contribution in [0.15, 0.2) is 18.2 Å². The third kappa shape index (κ3) is 3.31. The zero-order valence-electron chi connectivity index (χ0n) is 19.4. The molecule has 2 heterocycles. The Labute approximate surface area is 202 Å². The fourth-order valence-corrected chi connectivity index (χ4v) is 7.18. The van der Waals surface area contributed by atoms with Crippen molar-refractivity contribution in [2.45, 2.75) is 81.4 Å². The molecule has 0 aromatic heterocycles. The Hall–Kier alpha value is -2.35. The molecule has 188 valence electrons. The molecule has 6 rings (SSSR count). The highest BCUT2D eigenvalue weighted by atomic mass is 19.4. The molecule has 1 spiro atoms. The number of alkyl halides is 3. The van der Waals surface area contributed by atoms with E-state index in [0.717, 1.165) is 32.1 Å². The Morgan fingerprint density at radius 3 is 2.66 bits per heavy atom. The Balaban J connectivity index is 1.28. The summed E-state index contributed by atoms with van der Waals surface area (Å²) in [5.74, 6) is -0.557. The number of anilines is 1. The quantitative estimate of drug-likeness (QED) is 0.521. The molecule has 1 aromatic rings. The molecule has 2 aliphatic heterocycles. The molecule has 4 fully saturated rings. The van der Waals surface area contributed by atoms with E-state index in [1.165, 1.54) is 6.07 Å². The van der Waals surface area contributed by atoms with Crippen LogP contribution in [0.5, 0.6) is 0 Å². The molecule has 1 amide bonds. The largest absolute Gasteiger partial charge is 0.422 e. The average molecular weight is 490 g/mol. The number of piperidine rings is 1. The summed E-state index contributed by atoms with van der Waals surface area (Å²) in [4.78, 5) is 12.9. The number of hydrogen-bond donors (Lipinski definition) is 4. The summed E-state index contributed by atoms with van der Waals surface area (Å²) in [5, 5.41) is 28.9. The van der Waals surface area contributed by atoms with E-state index in [4.69, 9.17) is 0 Å². The number of fused-ring (bicyclic) bond motifs is 2. The summed E-state index contributed by atoms with van der Waals surface area (Å²) >= 11 is 0. The average Bonchev–Trinajstić information content (AvgIpc) is 3.45. The van der Waals surface area contributed by atoms with Crippen LogP contribution in [0.25, 0.3) is 0 Å². The molecule has 1 aromatic carbocycles. The number of benzene rings is 1. The lowest BCUT2D eigenvalue weighted by molar-refractivity contribution is -0.288. The highest BCUT2D eigenvalue weighted by molar-refractivity contribution is 5.82. The van der Waals surface area contributed by atoms with E-state index < -0.39 is 23.4 Å². The minimum atomic E-state index is -4.73. The second-order valence-corrected chi connectivity index (χ2v) is 11.0. The van der Waals surface area contributed by atoms with E-state index >= 15 is 0 Å². The zero-order valence-corrected chi connectivity index (χ0v) is 19.4. The number of aliphatic hydroxyl groups is 1. The number of rotatable bonds is 3. The summed E-state index contributed by atoms with van der Waals surface area (Å²) in [5.41, 5.74) is 0.562. The van der Waals surface area contributed by atoms with Crippen LogP contribution in [0.2, 0.25) is 0 Å². The predicted molar refractivity (Wildman–Crippen MR) is 120 cm³/mol. The topological polar surface area (TPSA) is 100 Å². The minimum absolute atomic E-state index is 0.0236. The molecule has 6 atom stereocenters. The number of halogens is 3. The lowest BCUT2D eigenvalue weighted by Gasteiger charge is -2.39. The van der Waals surface area contributed by atoms with Crippen molar-refractivity contribution in [2.75, 3.05) is 11.9 Å². The highest BCUT2D eigenvalue weighted by Crippen LogP contribution is 2.69. The number of amides is 1. The third-order valence-electron chi connectivity index (χ3n) is 9.09. The monoisotopic (exact) mass is 489 g/mol. The van der Waals surface area contributed by atoms with E-state index in [-0.39, 0.29) is 41.8 Å². The van der Waals surface area contributed by atoms with Gasteiger partial charge in [-0.2, -0.15) is 18.4 Å². The first-order chi connectivity index (χ1) is 16.7. The van der Waals surface area contributed by atoms with Crippen LogP contribution in [-0.2, 0) is 16.8 Å². The number of nitrogens with one attached hydrogen (secondary N) is 3. The number of carbonyl (C=O) groups is 1. The molecule has 4 N–H and O–H groups in total. The van der Waals surface area contributed by atoms with Crippen molar-refractivity contribution in [1.82, 2.24) is 15.8 Å². The van der Waals surface area contributed by atoms with Gasteiger partial charge in [-0.05, 0) is 61.8 Å². The van der Waals surface area contributed by atoms with Gasteiger partial charge < -0.3 is 15.7 Å². The van der Waals surface area contributed by atoms with E-state index in [9.17, 15) is 28.3 Å². The first-order valence-electron chi connectivity index (χ1n) is 12.6. The number of nitrogens with zero attached hydrogens (tertiary/aromatic N) is 2. The third-order valence-corrected chi connectivity index (χ3v) is 9.09. The summed E-state index contributed by atoms with van der Waals surface area (Å²) < 4.78 is 41.8. The lowest BCUT2D eigenvalue weighted by Crippen LogP contribution is -2.54. The van der Waals surface area contributed by atoms with Crippen LogP contribution in [0, 0.1) is 28.6 Å². The van der Waals surface area contributed by atoms with Crippen molar-refractivity contribution < 1.29 is 23.1 Å². The van der Waals surface area contributed by atoms with E-state index in [0.29, 0.717) is 30.6 Å². The summed E-state index contributed by atoms with van der Waals surface area (Å²) in [6, 6.07) is 7.06. The molecule has 4 unspecified atom stereocenters. The number of carbonyl (C=O) groups excluding carboxylic acids is 1. The molecule has 5 aliphatic rings. The van der Waals surface area contributed by atoms with Gasteiger partial charge in [0, 0.05) is 29.7 Å². The van der Waals surface area contributed by atoms with Crippen LogP contribution in [0.4, 0.5) is 18.9 Å². The molecule has 7 nitrogen and oxygen atoms in total. The molecule has 0 radical (unpaired) electrons. The van der Waals surface area contributed by atoms with Gasteiger partial charge in [0.2, 0.25) is 5.91 Å². The van der Waals surface area contributed by atoms with E-state index in [1.54, 1.807) is 12.1 Å². The van der Waals surface area contributed by atoms with Gasteiger partial charge in [0.15, 0.2) is 5.60 Å². The van der Waals surface area contributed by atoms with E-state index in [2.05, 4.69) is 27.1 Å². The lowest BCUT2D eigenvalue weighted by atomic mass is 9.83. The standard InChI is InChI=1S/C25H30F3N5O2/c26-25(27,28)24(35)17-6-5-16(11-15(17)12-23(24)8-9-23)31-21-20-19(7-10-30-22(20)34)33(32-21)18-4-2-1-3-14(18)13-29/h5-6,11,14,18-21,31-32,35H,1-4,7-10,12H2,(H,30,34)/t14-,18+,19?,20?,21?,24?/m1/s1. The van der Waals surface area contributed by atoms with Crippen LogP contribution < -0.4 is 16.1 Å². The van der Waals surface area contributed by atoms with Crippen molar-refractivity contribution >= 4 is 11.6 Å². The second-order valence-electron chi connectivity index (χ2n) is 11.0. The van der Waals surface area contributed by atoms with Gasteiger partial charge in [0.1, 0.15) is 6.17 Å². The number of hydrazine groups is 1. The maximum Gasteiger partial charge on any atom is 0.422 e. The van der Waals surface area contributed by atoms with Crippen molar-refractivity contribution in [3.05, 3.63) is 29.3 Å². The molecule has 0 bridgehead atoms. The predicted octanol–water partition coefficient (Wildman–Crippen LogP) is 2.92. The molecule has 3 aliphatic carbocycles. The van der Waals surface area contributed by atoms with Crippen molar-refractivity contribution in [3.8, 4) is 6.07 Å². The Morgan fingerprint density at radius 1 is 1.17 bits per heavy atom. The van der Waals surface area contributed by atoms with Crippen molar-refractivity contribution in [1.29, 1.82) is 5.26 Å². The van der Waals surface area contributed by atoms with Gasteiger partial charge in [-0.25, -0.2) is 10.4 Å². The molecule has 2 saturated heterocycles. The van der Waals surface area contributed by atoms with Gasteiger partial charge in [0.05, 0.1) is 17.9 Å².